The Balaban J connectivity index is 1.66. The second-order valence-electron chi connectivity index (χ2n) is 7.29. The first-order valence-corrected chi connectivity index (χ1v) is 9.33. The summed E-state index contributed by atoms with van der Waals surface area (Å²) in [5, 5.41) is 10.5. The number of hydrogen-bond acceptors (Lipinski definition) is 8. The fourth-order valence-electron chi connectivity index (χ4n) is 4.22. The normalized spacial score (nSPS) is 22.5. The van der Waals surface area contributed by atoms with Crippen molar-refractivity contribution < 1.29 is 38.3 Å². The predicted molar refractivity (Wildman–Crippen MR) is 98.8 cm³/mol. The Kier molecular flexibility index (Phi) is 4.08. The summed E-state index contributed by atoms with van der Waals surface area (Å²) in [5.41, 5.74) is 1.64. The van der Waals surface area contributed by atoms with E-state index in [9.17, 15) is 9.90 Å². The fourth-order valence-corrected chi connectivity index (χ4v) is 4.22. The standard InChI is InChI=1S/C21H20O8/c1-10-13(7-25-21(10)23)18(11-3-14(22)19-16(5-11)26-8-28-19)12-4-15(24-2)20-17(6-12)27-9-29-20/h3-6,10,13,18,22H,7-9H2,1-2H3/t10-,13+,18+/m0/s1. The number of hydrogen-bond donors (Lipinski definition) is 1. The van der Waals surface area contributed by atoms with Gasteiger partial charge in [-0.2, -0.15) is 0 Å². The number of phenols is 1. The van der Waals surface area contributed by atoms with Crippen molar-refractivity contribution in [3.05, 3.63) is 35.4 Å². The molecule has 0 radical (unpaired) electrons. The maximum Gasteiger partial charge on any atom is 0.309 e. The van der Waals surface area contributed by atoms with E-state index < -0.39 is 0 Å². The Hall–Kier alpha value is -3.29. The Morgan fingerprint density at radius 3 is 2.28 bits per heavy atom. The Morgan fingerprint density at radius 1 is 0.966 bits per heavy atom. The molecule has 8 heteroatoms. The van der Waals surface area contributed by atoms with E-state index in [1.165, 1.54) is 0 Å². The highest BCUT2D eigenvalue weighted by Gasteiger charge is 2.41. The van der Waals surface area contributed by atoms with Gasteiger partial charge in [-0.25, -0.2) is 0 Å². The van der Waals surface area contributed by atoms with Gasteiger partial charge in [-0.3, -0.25) is 4.79 Å². The number of aromatic hydroxyl groups is 1. The van der Waals surface area contributed by atoms with Crippen LogP contribution in [0.1, 0.15) is 24.0 Å². The molecule has 5 rings (SSSR count). The first-order valence-electron chi connectivity index (χ1n) is 9.33. The van der Waals surface area contributed by atoms with Crippen LogP contribution < -0.4 is 23.7 Å². The first-order chi connectivity index (χ1) is 14.1. The third kappa shape index (κ3) is 2.78. The van der Waals surface area contributed by atoms with Crippen molar-refractivity contribution in [1.82, 2.24) is 0 Å². The lowest BCUT2D eigenvalue weighted by molar-refractivity contribution is -0.140. The Labute approximate surface area is 166 Å². The van der Waals surface area contributed by atoms with Gasteiger partial charge in [-0.15, -0.1) is 0 Å². The molecule has 3 atom stereocenters. The highest BCUT2D eigenvalue weighted by Crippen LogP contribution is 2.50. The van der Waals surface area contributed by atoms with Gasteiger partial charge in [0.25, 0.3) is 0 Å². The van der Waals surface area contributed by atoms with Crippen LogP contribution >= 0.6 is 0 Å². The minimum Gasteiger partial charge on any atom is -0.504 e. The molecule has 1 saturated heterocycles. The van der Waals surface area contributed by atoms with E-state index in [-0.39, 0.29) is 49.7 Å². The lowest BCUT2D eigenvalue weighted by atomic mass is 9.76. The second kappa shape index (κ2) is 6.65. The number of benzene rings is 2. The molecular formula is C21H20O8. The molecule has 2 aromatic carbocycles. The lowest BCUT2D eigenvalue weighted by Crippen LogP contribution is -2.21. The molecule has 0 aromatic heterocycles. The second-order valence-corrected chi connectivity index (χ2v) is 7.29. The monoisotopic (exact) mass is 400 g/mol. The molecule has 1 fully saturated rings. The van der Waals surface area contributed by atoms with Crippen LogP contribution in [0.25, 0.3) is 0 Å². The molecule has 0 amide bonds. The molecule has 3 heterocycles. The molecule has 0 aliphatic carbocycles. The van der Waals surface area contributed by atoms with Crippen LogP contribution in [0.3, 0.4) is 0 Å². The fraction of sp³-hybridized carbons (Fsp3) is 0.381. The van der Waals surface area contributed by atoms with Gasteiger partial charge in [0.15, 0.2) is 23.0 Å². The van der Waals surface area contributed by atoms with Crippen molar-refractivity contribution in [2.75, 3.05) is 27.3 Å². The molecule has 0 bridgehead atoms. The van der Waals surface area contributed by atoms with Gasteiger partial charge in [0.05, 0.1) is 19.6 Å². The largest absolute Gasteiger partial charge is 0.504 e. The maximum absolute atomic E-state index is 12.1. The van der Waals surface area contributed by atoms with Crippen molar-refractivity contribution in [2.24, 2.45) is 11.8 Å². The number of ether oxygens (including phenoxy) is 6. The van der Waals surface area contributed by atoms with Gasteiger partial charge in [0.1, 0.15) is 0 Å². The van der Waals surface area contributed by atoms with Crippen molar-refractivity contribution in [1.29, 1.82) is 0 Å². The number of phenolic OH excluding ortho intramolecular Hbond substituents is 1. The minimum absolute atomic E-state index is 0.00870. The highest BCUT2D eigenvalue weighted by molar-refractivity contribution is 5.75. The summed E-state index contributed by atoms with van der Waals surface area (Å²) < 4.78 is 32.7. The minimum atomic E-state index is -0.316. The number of carbonyl (C=O) groups excluding carboxylic acids is 1. The SMILES string of the molecule is COc1cc([C@@H](c2cc(O)c3c(c2)OCO3)[C@@H]2COC(=O)[C@H]2C)cc2c1OCO2. The van der Waals surface area contributed by atoms with Crippen molar-refractivity contribution >= 4 is 5.97 Å². The third-order valence-electron chi connectivity index (χ3n) is 5.73. The number of methoxy groups -OCH3 is 1. The molecule has 3 aliphatic heterocycles. The molecule has 3 aliphatic rings. The summed E-state index contributed by atoms with van der Waals surface area (Å²) in [7, 11) is 1.56. The van der Waals surface area contributed by atoms with Gasteiger partial charge in [-0.05, 0) is 35.4 Å². The molecule has 0 saturated carbocycles. The average molecular weight is 400 g/mol. The van der Waals surface area contributed by atoms with Crippen molar-refractivity contribution in [3.63, 3.8) is 0 Å². The van der Waals surface area contributed by atoms with Gasteiger partial charge in [0.2, 0.25) is 25.1 Å². The van der Waals surface area contributed by atoms with Crippen LogP contribution in [-0.4, -0.2) is 38.4 Å². The number of cyclic esters (lactones) is 1. The van der Waals surface area contributed by atoms with E-state index in [2.05, 4.69) is 0 Å². The van der Waals surface area contributed by atoms with E-state index in [4.69, 9.17) is 28.4 Å². The topological polar surface area (TPSA) is 92.7 Å². The van der Waals surface area contributed by atoms with Crippen LogP contribution in [-0.2, 0) is 9.53 Å². The molecule has 29 heavy (non-hydrogen) atoms. The van der Waals surface area contributed by atoms with Crippen LogP contribution in [0.2, 0.25) is 0 Å². The van der Waals surface area contributed by atoms with Gasteiger partial charge in [0, 0.05) is 11.8 Å². The van der Waals surface area contributed by atoms with Crippen LogP contribution in [0.15, 0.2) is 24.3 Å². The van der Waals surface area contributed by atoms with E-state index in [1.807, 2.05) is 25.1 Å². The Morgan fingerprint density at radius 2 is 1.62 bits per heavy atom. The number of fused-ring (bicyclic) bond motifs is 2. The number of carbonyl (C=O) groups is 1. The number of rotatable bonds is 4. The molecule has 1 N–H and O–H groups in total. The summed E-state index contributed by atoms with van der Waals surface area (Å²) in [5.74, 6) is 1.48. The van der Waals surface area contributed by atoms with Crippen LogP contribution in [0.5, 0.6) is 34.5 Å². The van der Waals surface area contributed by atoms with E-state index in [1.54, 1.807) is 13.2 Å². The Bertz CT molecular complexity index is 985. The van der Waals surface area contributed by atoms with Gasteiger partial charge >= 0.3 is 5.97 Å². The quantitative estimate of drug-likeness (QED) is 0.784. The lowest BCUT2D eigenvalue weighted by Gasteiger charge is -2.26. The average Bonchev–Trinajstić information content (AvgIpc) is 3.44. The van der Waals surface area contributed by atoms with Gasteiger partial charge in [-0.1, -0.05) is 6.92 Å². The summed E-state index contributed by atoms with van der Waals surface area (Å²) in [4.78, 5) is 12.1. The van der Waals surface area contributed by atoms with Crippen LogP contribution in [0.4, 0.5) is 0 Å². The van der Waals surface area contributed by atoms with E-state index >= 15 is 0 Å². The number of esters is 1. The smallest absolute Gasteiger partial charge is 0.309 e. The third-order valence-corrected chi connectivity index (χ3v) is 5.73. The summed E-state index contributed by atoms with van der Waals surface area (Å²) in [6.07, 6.45) is 0. The van der Waals surface area contributed by atoms with Gasteiger partial charge < -0.3 is 33.5 Å². The van der Waals surface area contributed by atoms with Crippen molar-refractivity contribution in [3.8, 4) is 34.5 Å². The van der Waals surface area contributed by atoms with Crippen molar-refractivity contribution in [2.45, 2.75) is 12.8 Å². The predicted octanol–water partition coefficient (Wildman–Crippen LogP) is 2.80. The molecule has 152 valence electrons. The molecule has 2 aromatic rings. The van der Waals surface area contributed by atoms with Crippen LogP contribution in [0, 0.1) is 11.8 Å². The molecular weight excluding hydrogens is 380 g/mol. The summed E-state index contributed by atoms with van der Waals surface area (Å²) >= 11 is 0. The maximum atomic E-state index is 12.1. The molecule has 8 nitrogen and oxygen atoms in total. The molecule has 0 spiro atoms. The zero-order chi connectivity index (χ0) is 20.1. The molecule has 0 unspecified atom stereocenters. The summed E-state index contributed by atoms with van der Waals surface area (Å²) in [6.45, 7) is 2.29. The zero-order valence-electron chi connectivity index (χ0n) is 16.0. The first kappa shape index (κ1) is 17.8. The van der Waals surface area contributed by atoms with E-state index in [0.29, 0.717) is 28.7 Å². The zero-order valence-corrected chi connectivity index (χ0v) is 16.0. The van der Waals surface area contributed by atoms with E-state index in [0.717, 1.165) is 11.1 Å². The highest BCUT2D eigenvalue weighted by atomic mass is 16.7. The summed E-state index contributed by atoms with van der Waals surface area (Å²) in [6, 6.07) is 7.23.